The number of rotatable bonds is 0. The number of nitrogens with zero attached hydrogens (tertiary/aromatic N) is 1. The Labute approximate surface area is 82.9 Å². The largest absolute Gasteiger partial charge is 0.453 e. The van der Waals surface area contributed by atoms with E-state index in [1.165, 1.54) is 13.9 Å². The minimum atomic E-state index is -0.187. The van der Waals surface area contributed by atoms with Crippen molar-refractivity contribution in [2.75, 3.05) is 20.2 Å². The van der Waals surface area contributed by atoms with Crippen LogP contribution in [0.25, 0.3) is 0 Å². The van der Waals surface area contributed by atoms with E-state index >= 15 is 0 Å². The number of carbonyl (C=O) groups excluding carboxylic acids is 1. The van der Waals surface area contributed by atoms with Crippen LogP contribution < -0.4 is 0 Å². The first-order chi connectivity index (χ1) is 6.34. The molecule has 0 aromatic carbocycles. The van der Waals surface area contributed by atoms with E-state index in [-0.39, 0.29) is 6.09 Å². The van der Waals surface area contributed by atoms with Crippen LogP contribution in [0.5, 0.6) is 0 Å². The summed E-state index contributed by atoms with van der Waals surface area (Å²) in [5.41, 5.74) is 0. The van der Waals surface area contributed by atoms with Crippen molar-refractivity contribution < 1.29 is 9.53 Å². The predicted molar refractivity (Wildman–Crippen MR) is 56.2 cm³/mol. The summed E-state index contributed by atoms with van der Waals surface area (Å²) < 4.78 is 4.52. The van der Waals surface area contributed by atoms with Crippen molar-refractivity contribution in [3.05, 3.63) is 0 Å². The standard InChI is InChI=1S/C6H11NO2.C2H6.CH3B/c1-9-6(8)7-4-2-3-5-7;2*1-2/h2-5H2,1H3;1-2H3;1H3. The van der Waals surface area contributed by atoms with Gasteiger partial charge in [0.05, 0.1) is 15.0 Å². The van der Waals surface area contributed by atoms with Crippen molar-refractivity contribution in [1.29, 1.82) is 0 Å². The summed E-state index contributed by atoms with van der Waals surface area (Å²) in [4.78, 5) is 12.4. The van der Waals surface area contributed by atoms with E-state index in [9.17, 15) is 4.79 Å². The minimum absolute atomic E-state index is 0.187. The van der Waals surface area contributed by atoms with Crippen LogP contribution in [0.4, 0.5) is 4.79 Å². The highest BCUT2D eigenvalue weighted by Gasteiger charge is 2.17. The number of carbonyl (C=O) groups is 1. The number of likely N-dealkylation sites (tertiary alicyclic amines) is 1. The van der Waals surface area contributed by atoms with Gasteiger partial charge in [-0.3, -0.25) is 0 Å². The smallest absolute Gasteiger partial charge is 0.409 e. The summed E-state index contributed by atoms with van der Waals surface area (Å²) in [6.07, 6.45) is 2.05. The Balaban J connectivity index is 0. The molecule has 1 fully saturated rings. The third-order valence-electron chi connectivity index (χ3n) is 1.54. The Morgan fingerprint density at radius 3 is 1.92 bits per heavy atom. The number of hydrogen-bond acceptors (Lipinski definition) is 2. The van der Waals surface area contributed by atoms with Crippen molar-refractivity contribution in [1.82, 2.24) is 4.90 Å². The van der Waals surface area contributed by atoms with Crippen LogP contribution in [0, 0.1) is 0 Å². The zero-order valence-corrected chi connectivity index (χ0v) is 9.17. The average molecular weight is 185 g/mol. The van der Waals surface area contributed by atoms with Crippen molar-refractivity contribution in [3.63, 3.8) is 0 Å². The van der Waals surface area contributed by atoms with Gasteiger partial charge in [-0.25, -0.2) is 4.79 Å². The molecule has 0 aliphatic carbocycles. The van der Waals surface area contributed by atoms with Gasteiger partial charge in [0, 0.05) is 13.1 Å². The normalized spacial score (nSPS) is 13.4. The van der Waals surface area contributed by atoms with Gasteiger partial charge < -0.3 is 9.64 Å². The van der Waals surface area contributed by atoms with Gasteiger partial charge in [-0.15, -0.1) is 0 Å². The molecular formula is C9H20BNO2. The molecule has 3 nitrogen and oxygen atoms in total. The van der Waals surface area contributed by atoms with E-state index in [1.54, 1.807) is 4.90 Å². The first kappa shape index (κ1) is 14.8. The molecule has 0 unspecified atom stereocenters. The maximum absolute atomic E-state index is 10.7. The quantitative estimate of drug-likeness (QED) is 0.540. The summed E-state index contributed by atoms with van der Waals surface area (Å²) in [6.45, 7) is 7.24. The molecule has 0 aromatic rings. The van der Waals surface area contributed by atoms with E-state index in [2.05, 4.69) is 12.6 Å². The molecule has 2 radical (unpaired) electrons. The van der Waals surface area contributed by atoms with Crippen molar-refractivity contribution in [2.24, 2.45) is 0 Å². The van der Waals surface area contributed by atoms with Crippen LogP contribution in [0.3, 0.4) is 0 Å². The Bertz CT molecular complexity index is 114. The van der Waals surface area contributed by atoms with E-state index < -0.39 is 0 Å². The molecule has 1 aliphatic rings. The zero-order chi connectivity index (χ0) is 10.7. The molecule has 0 aromatic heterocycles. The molecular weight excluding hydrogens is 165 g/mol. The molecule has 0 N–H and O–H groups in total. The maximum atomic E-state index is 10.7. The highest BCUT2D eigenvalue weighted by Crippen LogP contribution is 2.07. The Hall–Kier alpha value is -0.665. The molecule has 0 bridgehead atoms. The van der Waals surface area contributed by atoms with Crippen LogP contribution in [-0.2, 0) is 4.74 Å². The summed E-state index contributed by atoms with van der Waals surface area (Å²) in [5.74, 6) is 0. The fraction of sp³-hybridized carbons (Fsp3) is 0.889. The van der Waals surface area contributed by atoms with Gasteiger partial charge >= 0.3 is 6.09 Å². The topological polar surface area (TPSA) is 29.5 Å². The predicted octanol–water partition coefficient (Wildman–Crippen LogP) is 2.08. The van der Waals surface area contributed by atoms with Gasteiger partial charge in [0.25, 0.3) is 0 Å². The minimum Gasteiger partial charge on any atom is -0.453 e. The highest BCUT2D eigenvalue weighted by molar-refractivity contribution is 6.05. The third-order valence-corrected chi connectivity index (χ3v) is 1.54. The first-order valence-electron chi connectivity index (χ1n) is 4.75. The van der Waals surface area contributed by atoms with E-state index in [0.29, 0.717) is 0 Å². The second-order valence-corrected chi connectivity index (χ2v) is 2.16. The lowest BCUT2D eigenvalue weighted by atomic mass is 10.2. The average Bonchev–Trinajstić information content (AvgIpc) is 2.76. The molecule has 13 heavy (non-hydrogen) atoms. The molecule has 1 amide bonds. The molecule has 0 saturated carbocycles. The van der Waals surface area contributed by atoms with Crippen molar-refractivity contribution in [2.45, 2.75) is 33.5 Å². The Morgan fingerprint density at radius 2 is 1.62 bits per heavy atom. The highest BCUT2D eigenvalue weighted by atomic mass is 16.5. The van der Waals surface area contributed by atoms with Crippen LogP contribution >= 0.6 is 0 Å². The molecule has 4 heteroatoms. The van der Waals surface area contributed by atoms with E-state index in [0.717, 1.165) is 25.9 Å². The monoisotopic (exact) mass is 185 g/mol. The van der Waals surface area contributed by atoms with Crippen molar-refractivity contribution in [3.8, 4) is 0 Å². The summed E-state index contributed by atoms with van der Waals surface area (Å²) in [7, 11) is 5.92. The van der Waals surface area contributed by atoms with Gasteiger partial charge in [-0.2, -0.15) is 0 Å². The number of ether oxygens (including phenoxy) is 1. The van der Waals surface area contributed by atoms with Gasteiger partial charge in [0.2, 0.25) is 0 Å². The molecule has 1 saturated heterocycles. The van der Waals surface area contributed by atoms with Gasteiger partial charge in [0.1, 0.15) is 0 Å². The SMILES string of the molecule is CC.COC(=O)N1CCCC1.[B]C. The molecule has 1 heterocycles. The number of amides is 1. The number of hydrogen-bond donors (Lipinski definition) is 0. The van der Waals surface area contributed by atoms with E-state index in [1.807, 2.05) is 13.8 Å². The van der Waals surface area contributed by atoms with Gasteiger partial charge in [0.15, 0.2) is 0 Å². The van der Waals surface area contributed by atoms with Gasteiger partial charge in [-0.1, -0.05) is 20.7 Å². The number of methoxy groups -OCH3 is 1. The van der Waals surface area contributed by atoms with Gasteiger partial charge in [-0.05, 0) is 12.8 Å². The van der Waals surface area contributed by atoms with Crippen molar-refractivity contribution >= 4 is 13.9 Å². The molecule has 1 aliphatic heterocycles. The second-order valence-electron chi connectivity index (χ2n) is 2.16. The summed E-state index contributed by atoms with van der Waals surface area (Å²) in [5, 5.41) is 0. The molecule has 0 atom stereocenters. The van der Waals surface area contributed by atoms with Crippen LogP contribution in [0.1, 0.15) is 26.7 Å². The molecule has 1 rings (SSSR count). The summed E-state index contributed by atoms with van der Waals surface area (Å²) in [6, 6.07) is 0. The lowest BCUT2D eigenvalue weighted by Crippen LogP contribution is -2.27. The van der Waals surface area contributed by atoms with Crippen LogP contribution in [0.15, 0.2) is 0 Å². The Kier molecular flexibility index (Phi) is 12.9. The zero-order valence-electron chi connectivity index (χ0n) is 9.17. The lowest BCUT2D eigenvalue weighted by molar-refractivity contribution is 0.133. The fourth-order valence-electron chi connectivity index (χ4n) is 1.03. The second kappa shape index (κ2) is 11.3. The van der Waals surface area contributed by atoms with E-state index in [4.69, 9.17) is 0 Å². The molecule has 0 spiro atoms. The lowest BCUT2D eigenvalue weighted by Gasteiger charge is -2.11. The third kappa shape index (κ3) is 6.49. The van der Waals surface area contributed by atoms with Crippen LogP contribution in [-0.4, -0.2) is 39.0 Å². The summed E-state index contributed by atoms with van der Waals surface area (Å²) >= 11 is 0. The van der Waals surface area contributed by atoms with Crippen LogP contribution in [0.2, 0.25) is 6.82 Å². The fourth-order valence-corrected chi connectivity index (χ4v) is 1.03. The Morgan fingerprint density at radius 1 is 1.23 bits per heavy atom. The molecule has 76 valence electrons. The first-order valence-corrected chi connectivity index (χ1v) is 4.75. The maximum Gasteiger partial charge on any atom is 0.409 e.